The van der Waals surface area contributed by atoms with Crippen LogP contribution in [0.15, 0.2) is 0 Å². The van der Waals surface area contributed by atoms with E-state index in [1.54, 1.807) is 0 Å². The third-order valence-electron chi connectivity index (χ3n) is 3.65. The lowest BCUT2D eigenvalue weighted by Crippen LogP contribution is -2.44. The molecule has 62 valence electrons. The highest BCUT2D eigenvalue weighted by molar-refractivity contribution is 5.13. The first-order valence-electron chi connectivity index (χ1n) is 4.65. The van der Waals surface area contributed by atoms with E-state index in [2.05, 4.69) is 18.9 Å². The van der Waals surface area contributed by atoms with Gasteiger partial charge in [0.15, 0.2) is 0 Å². The zero-order valence-electron chi connectivity index (χ0n) is 7.16. The molecule has 2 heteroatoms. The Labute approximate surface area is 67.5 Å². The fourth-order valence-electron chi connectivity index (χ4n) is 2.99. The van der Waals surface area contributed by atoms with Crippen LogP contribution in [0, 0.1) is 5.92 Å². The Hall–Kier alpha value is -0.0800. The summed E-state index contributed by atoms with van der Waals surface area (Å²) in [7, 11) is 2.26. The number of hydrogen-bond acceptors (Lipinski definition) is 2. The van der Waals surface area contributed by atoms with Crippen molar-refractivity contribution in [3.05, 3.63) is 0 Å². The smallest absolute Gasteiger partial charge is 0.101 e. The molecule has 0 radical (unpaired) electrons. The van der Waals surface area contributed by atoms with E-state index in [1.165, 1.54) is 12.8 Å². The molecule has 0 aromatic heterocycles. The minimum Gasteiger partial charge on any atom is -0.366 e. The highest BCUT2D eigenvalue weighted by atomic mass is 16.6. The van der Waals surface area contributed by atoms with Gasteiger partial charge in [0.25, 0.3) is 0 Å². The van der Waals surface area contributed by atoms with Gasteiger partial charge >= 0.3 is 0 Å². The second kappa shape index (κ2) is 1.80. The van der Waals surface area contributed by atoms with Gasteiger partial charge in [0, 0.05) is 12.1 Å². The Bertz CT molecular complexity index is 176. The van der Waals surface area contributed by atoms with E-state index in [-0.39, 0.29) is 0 Å². The summed E-state index contributed by atoms with van der Waals surface area (Å²) in [4.78, 5) is 2.54. The summed E-state index contributed by atoms with van der Waals surface area (Å²) >= 11 is 0. The second-order valence-electron chi connectivity index (χ2n) is 4.44. The molecule has 2 nitrogen and oxygen atoms in total. The van der Waals surface area contributed by atoms with Gasteiger partial charge in [0.1, 0.15) is 12.2 Å². The summed E-state index contributed by atoms with van der Waals surface area (Å²) in [5, 5.41) is 0. The molecule has 0 amide bonds. The van der Waals surface area contributed by atoms with Crippen LogP contribution in [0.1, 0.15) is 19.8 Å². The predicted octanol–water partition coefficient (Wildman–Crippen LogP) is 0.866. The van der Waals surface area contributed by atoms with Gasteiger partial charge < -0.3 is 4.74 Å². The molecule has 0 N–H and O–H groups in total. The number of fused-ring (bicyclic) bond motifs is 5. The van der Waals surface area contributed by atoms with Crippen molar-refractivity contribution < 1.29 is 4.74 Å². The molecule has 3 aliphatic rings. The van der Waals surface area contributed by atoms with E-state index in [1.807, 2.05) is 0 Å². The quantitative estimate of drug-likeness (QED) is 0.480. The van der Waals surface area contributed by atoms with Crippen LogP contribution in [0.4, 0.5) is 0 Å². The van der Waals surface area contributed by atoms with E-state index in [9.17, 15) is 0 Å². The fourth-order valence-corrected chi connectivity index (χ4v) is 2.99. The minimum atomic E-state index is 0.620. The number of ether oxygens (including phenoxy) is 1. The van der Waals surface area contributed by atoms with Gasteiger partial charge in [-0.3, -0.25) is 4.90 Å². The maximum atomic E-state index is 5.60. The van der Waals surface area contributed by atoms with Crippen LogP contribution in [0.5, 0.6) is 0 Å². The fraction of sp³-hybridized carbons (Fsp3) is 1.00. The first kappa shape index (κ1) is 6.44. The Kier molecular flexibility index (Phi) is 1.06. The number of likely N-dealkylation sites (N-methyl/N-ethyl adjacent to an activating group) is 1. The highest BCUT2D eigenvalue weighted by Gasteiger charge is 2.61. The first-order chi connectivity index (χ1) is 5.27. The van der Waals surface area contributed by atoms with Gasteiger partial charge in [0.05, 0.1) is 0 Å². The van der Waals surface area contributed by atoms with Crippen LogP contribution in [-0.4, -0.2) is 36.2 Å². The van der Waals surface area contributed by atoms with E-state index in [0.29, 0.717) is 12.2 Å². The molecule has 11 heavy (non-hydrogen) atoms. The molecular weight excluding hydrogens is 138 g/mol. The number of hydrogen-bond donors (Lipinski definition) is 0. The van der Waals surface area contributed by atoms with Crippen molar-refractivity contribution in [2.75, 3.05) is 7.05 Å². The third-order valence-corrected chi connectivity index (χ3v) is 3.65. The van der Waals surface area contributed by atoms with Crippen molar-refractivity contribution in [1.29, 1.82) is 0 Å². The predicted molar refractivity (Wildman–Crippen MR) is 42.4 cm³/mol. The molecule has 0 aromatic rings. The van der Waals surface area contributed by atoms with Crippen LogP contribution in [-0.2, 0) is 4.74 Å². The molecule has 2 unspecified atom stereocenters. The van der Waals surface area contributed by atoms with Gasteiger partial charge in [0.2, 0.25) is 0 Å². The average molecular weight is 153 g/mol. The number of epoxide rings is 1. The summed E-state index contributed by atoms with van der Waals surface area (Å²) in [5.74, 6) is 0.928. The standard InChI is InChI=1S/C9H15NO/c1-5-3-6-8-9(11-8)7(4-5)10(6)2/h5-9H,3-4H2,1-2H3/t5?,6-,7?,8-,9+/m1/s1. The van der Waals surface area contributed by atoms with Crippen LogP contribution in [0.2, 0.25) is 0 Å². The largest absolute Gasteiger partial charge is 0.366 e. The van der Waals surface area contributed by atoms with Gasteiger partial charge in [-0.25, -0.2) is 0 Å². The van der Waals surface area contributed by atoms with E-state index in [0.717, 1.165) is 18.0 Å². The molecule has 3 heterocycles. The van der Waals surface area contributed by atoms with Gasteiger partial charge in [-0.05, 0) is 25.8 Å². The lowest BCUT2D eigenvalue weighted by Gasteiger charge is -2.36. The zero-order valence-corrected chi connectivity index (χ0v) is 7.16. The summed E-state index contributed by atoms with van der Waals surface area (Å²) in [6, 6.07) is 1.52. The third kappa shape index (κ3) is 0.695. The number of rotatable bonds is 0. The van der Waals surface area contributed by atoms with Crippen molar-refractivity contribution >= 4 is 0 Å². The van der Waals surface area contributed by atoms with Crippen LogP contribution >= 0.6 is 0 Å². The molecule has 0 spiro atoms. The number of piperidine rings is 1. The van der Waals surface area contributed by atoms with E-state index >= 15 is 0 Å². The summed E-state index contributed by atoms with van der Waals surface area (Å²) in [6.45, 7) is 2.37. The van der Waals surface area contributed by atoms with Gasteiger partial charge in [-0.1, -0.05) is 6.92 Å². The monoisotopic (exact) mass is 153 g/mol. The summed E-state index contributed by atoms with van der Waals surface area (Å²) < 4.78 is 5.60. The second-order valence-corrected chi connectivity index (χ2v) is 4.44. The van der Waals surface area contributed by atoms with Crippen molar-refractivity contribution in [1.82, 2.24) is 4.90 Å². The zero-order chi connectivity index (χ0) is 7.59. The average Bonchev–Trinajstić information content (AvgIpc) is 2.66. The molecule has 3 aliphatic heterocycles. The van der Waals surface area contributed by atoms with Gasteiger partial charge in [-0.2, -0.15) is 0 Å². The summed E-state index contributed by atoms with van der Waals surface area (Å²) in [6.07, 6.45) is 3.95. The SMILES string of the molecule is CC1CC2[C@@H]3O[C@@H]3[C@@H](C1)N2C. The normalized spacial score (nSPS) is 61.1. The van der Waals surface area contributed by atoms with Crippen molar-refractivity contribution in [3.63, 3.8) is 0 Å². The lowest BCUT2D eigenvalue weighted by molar-refractivity contribution is 0.0526. The highest BCUT2D eigenvalue weighted by Crippen LogP contribution is 2.48. The van der Waals surface area contributed by atoms with E-state index in [4.69, 9.17) is 4.74 Å². The van der Waals surface area contributed by atoms with Crippen molar-refractivity contribution in [3.8, 4) is 0 Å². The molecule has 0 aromatic carbocycles. The van der Waals surface area contributed by atoms with Crippen molar-refractivity contribution in [2.24, 2.45) is 5.92 Å². The Morgan fingerprint density at radius 1 is 1.18 bits per heavy atom. The summed E-state index contributed by atoms with van der Waals surface area (Å²) in [5.41, 5.74) is 0. The molecule has 3 fully saturated rings. The Balaban J connectivity index is 1.90. The maximum absolute atomic E-state index is 5.60. The lowest BCUT2D eigenvalue weighted by atomic mass is 9.92. The molecule has 3 rings (SSSR count). The van der Waals surface area contributed by atoms with Crippen LogP contribution < -0.4 is 0 Å². The van der Waals surface area contributed by atoms with Gasteiger partial charge in [-0.15, -0.1) is 0 Å². The van der Waals surface area contributed by atoms with E-state index < -0.39 is 0 Å². The molecule has 0 aliphatic carbocycles. The topological polar surface area (TPSA) is 15.8 Å². The molecular formula is C9H15NO. The van der Waals surface area contributed by atoms with Crippen LogP contribution in [0.25, 0.3) is 0 Å². The Morgan fingerprint density at radius 2 is 1.73 bits per heavy atom. The molecule has 3 saturated heterocycles. The Morgan fingerprint density at radius 3 is 2.27 bits per heavy atom. The molecule has 5 atom stereocenters. The molecule has 2 bridgehead atoms. The minimum absolute atomic E-state index is 0.620. The first-order valence-corrected chi connectivity index (χ1v) is 4.65. The number of nitrogens with zero attached hydrogens (tertiary/aromatic N) is 1. The van der Waals surface area contributed by atoms with Crippen molar-refractivity contribution in [2.45, 2.75) is 44.1 Å². The van der Waals surface area contributed by atoms with Crippen LogP contribution in [0.3, 0.4) is 0 Å². The maximum Gasteiger partial charge on any atom is 0.101 e. The number of morpholine rings is 1. The molecule has 0 saturated carbocycles.